The second-order valence-electron chi connectivity index (χ2n) is 7.16. The summed E-state index contributed by atoms with van der Waals surface area (Å²) in [5.41, 5.74) is 2.07. The van der Waals surface area contributed by atoms with Crippen LogP contribution in [-0.4, -0.2) is 45.7 Å². The zero-order valence-corrected chi connectivity index (χ0v) is 16.1. The molecule has 2 fully saturated rings. The normalized spacial score (nSPS) is 19.2. The number of carbonyl (C=O) groups is 1. The number of aromatic nitrogens is 4. The van der Waals surface area contributed by atoms with Crippen molar-refractivity contribution in [3.63, 3.8) is 0 Å². The molecule has 8 nitrogen and oxygen atoms in total. The van der Waals surface area contributed by atoms with Gasteiger partial charge in [0.05, 0.1) is 10.2 Å². The van der Waals surface area contributed by atoms with Gasteiger partial charge in [-0.15, -0.1) is 11.3 Å². The molecule has 0 spiro atoms. The number of anilines is 3. The summed E-state index contributed by atoms with van der Waals surface area (Å²) in [6.45, 7) is 2.84. The van der Waals surface area contributed by atoms with Crippen molar-refractivity contribution >= 4 is 45.0 Å². The summed E-state index contributed by atoms with van der Waals surface area (Å²) in [6.07, 6.45) is 3.27. The molecule has 1 saturated carbocycles. The molecule has 1 saturated heterocycles. The van der Waals surface area contributed by atoms with Gasteiger partial charge in [-0.3, -0.25) is 9.89 Å². The molecular weight excluding hydrogens is 362 g/mol. The molecule has 3 aromatic heterocycles. The fourth-order valence-electron chi connectivity index (χ4n) is 3.44. The van der Waals surface area contributed by atoms with Crippen LogP contribution in [0.3, 0.4) is 0 Å². The van der Waals surface area contributed by atoms with Crippen LogP contribution in [0.15, 0.2) is 12.1 Å². The molecule has 0 radical (unpaired) electrons. The van der Waals surface area contributed by atoms with E-state index < -0.39 is 0 Å². The third-order valence-corrected chi connectivity index (χ3v) is 6.22. The van der Waals surface area contributed by atoms with Gasteiger partial charge in [-0.25, -0.2) is 4.98 Å². The Morgan fingerprint density at radius 3 is 2.85 bits per heavy atom. The number of amides is 1. The highest BCUT2D eigenvalue weighted by molar-refractivity contribution is 7.19. The second kappa shape index (κ2) is 6.19. The third-order valence-electron chi connectivity index (χ3n) is 5.17. The fourth-order valence-corrected chi connectivity index (χ4v) is 4.34. The highest BCUT2D eigenvalue weighted by Crippen LogP contribution is 2.40. The van der Waals surface area contributed by atoms with Crippen LogP contribution in [0.25, 0.3) is 10.2 Å². The largest absolute Gasteiger partial charge is 0.357 e. The molecule has 0 aromatic carbocycles. The van der Waals surface area contributed by atoms with Crippen LogP contribution < -0.4 is 15.5 Å². The van der Waals surface area contributed by atoms with Crippen molar-refractivity contribution in [2.75, 3.05) is 23.8 Å². The van der Waals surface area contributed by atoms with E-state index in [-0.39, 0.29) is 11.9 Å². The average Bonchev–Trinajstić information content (AvgIpc) is 3.24. The molecule has 0 unspecified atom stereocenters. The maximum absolute atomic E-state index is 12.1. The van der Waals surface area contributed by atoms with E-state index in [0.29, 0.717) is 11.9 Å². The highest BCUT2D eigenvalue weighted by Gasteiger charge is 2.36. The van der Waals surface area contributed by atoms with Crippen LogP contribution in [0.1, 0.15) is 35.8 Å². The maximum atomic E-state index is 12.1. The molecule has 1 amide bonds. The van der Waals surface area contributed by atoms with Gasteiger partial charge in [-0.1, -0.05) is 0 Å². The maximum Gasteiger partial charge on any atom is 0.242 e. The first-order chi connectivity index (χ1) is 13.1. The third kappa shape index (κ3) is 2.91. The van der Waals surface area contributed by atoms with Crippen LogP contribution in [0.4, 0.5) is 17.6 Å². The molecule has 1 aliphatic heterocycles. The first kappa shape index (κ1) is 16.5. The lowest BCUT2D eigenvalue weighted by Gasteiger charge is -2.39. The Hall–Kier alpha value is -2.68. The van der Waals surface area contributed by atoms with E-state index in [1.165, 1.54) is 23.4 Å². The summed E-state index contributed by atoms with van der Waals surface area (Å²) in [7, 11) is 1.66. The van der Waals surface area contributed by atoms with Crippen LogP contribution >= 0.6 is 11.3 Å². The van der Waals surface area contributed by atoms with E-state index in [1.807, 2.05) is 4.90 Å². The minimum Gasteiger partial charge on any atom is -0.357 e. The number of likely N-dealkylation sites (N-methyl/N-ethyl adjacent to an activating group) is 1. The van der Waals surface area contributed by atoms with Gasteiger partial charge in [0.1, 0.15) is 6.04 Å². The van der Waals surface area contributed by atoms with E-state index in [2.05, 4.69) is 39.9 Å². The van der Waals surface area contributed by atoms with E-state index in [0.717, 1.165) is 34.8 Å². The molecule has 9 heteroatoms. The van der Waals surface area contributed by atoms with Gasteiger partial charge in [0.25, 0.3) is 0 Å². The van der Waals surface area contributed by atoms with E-state index in [9.17, 15) is 4.79 Å². The van der Waals surface area contributed by atoms with E-state index in [4.69, 9.17) is 9.97 Å². The molecule has 140 valence electrons. The van der Waals surface area contributed by atoms with E-state index >= 15 is 0 Å². The summed E-state index contributed by atoms with van der Waals surface area (Å²) < 4.78 is 1.00. The molecule has 1 aliphatic carbocycles. The Labute approximate surface area is 160 Å². The van der Waals surface area contributed by atoms with Gasteiger partial charge in [0, 0.05) is 36.1 Å². The number of H-pyrrole nitrogens is 1. The number of hydrogen-bond donors (Lipinski definition) is 3. The molecule has 3 aromatic rings. The molecule has 2 aliphatic rings. The highest BCUT2D eigenvalue weighted by atomic mass is 32.1. The zero-order valence-electron chi connectivity index (χ0n) is 15.2. The lowest BCUT2D eigenvalue weighted by Crippen LogP contribution is -2.56. The molecule has 1 atom stereocenters. The van der Waals surface area contributed by atoms with Gasteiger partial charge in [0.2, 0.25) is 11.9 Å². The van der Waals surface area contributed by atoms with Crippen LogP contribution in [0, 0.1) is 6.92 Å². The SMILES string of the molecule is CNC(=O)[C@@H]1CCN1c1nc(Nc2cc(C3CC3)[nH]n2)c2sc(C)cc2n1. The number of nitrogens with zero attached hydrogens (tertiary/aromatic N) is 4. The summed E-state index contributed by atoms with van der Waals surface area (Å²) in [5, 5.41) is 13.6. The minimum atomic E-state index is -0.202. The van der Waals surface area contributed by atoms with Crippen molar-refractivity contribution in [2.24, 2.45) is 0 Å². The first-order valence-corrected chi connectivity index (χ1v) is 10.0. The van der Waals surface area contributed by atoms with Crippen LogP contribution in [-0.2, 0) is 4.79 Å². The number of thiophene rings is 1. The summed E-state index contributed by atoms with van der Waals surface area (Å²) in [4.78, 5) is 24.6. The Balaban J connectivity index is 1.50. The van der Waals surface area contributed by atoms with Gasteiger partial charge >= 0.3 is 0 Å². The lowest BCUT2D eigenvalue weighted by atomic mass is 10.0. The molecule has 5 rings (SSSR count). The fraction of sp³-hybridized carbons (Fsp3) is 0.444. The molecule has 3 N–H and O–H groups in total. The quantitative estimate of drug-likeness (QED) is 0.626. The predicted octanol–water partition coefficient (Wildman–Crippen LogP) is 2.67. The standard InChI is InChI=1S/C18H21N7OS/c1-9-7-12-15(27-9)16(21-14-8-11(23-24-14)10-3-4-10)22-18(20-12)25-6-5-13(25)17(26)19-2/h7-8,10,13H,3-6H2,1-2H3,(H,19,26)(H2,20,21,22,23,24)/t13-/m0/s1. The van der Waals surface area contributed by atoms with Gasteiger partial charge in [-0.2, -0.15) is 10.1 Å². The molecular formula is C18H21N7OS. The Bertz CT molecular complexity index is 1020. The molecule has 0 bridgehead atoms. The van der Waals surface area contributed by atoms with Crippen molar-refractivity contribution in [1.29, 1.82) is 0 Å². The molecule has 27 heavy (non-hydrogen) atoms. The average molecular weight is 383 g/mol. The smallest absolute Gasteiger partial charge is 0.242 e. The number of hydrogen-bond acceptors (Lipinski definition) is 7. The monoisotopic (exact) mass is 383 g/mol. The number of fused-ring (bicyclic) bond motifs is 1. The second-order valence-corrected chi connectivity index (χ2v) is 8.42. The first-order valence-electron chi connectivity index (χ1n) is 9.21. The van der Waals surface area contributed by atoms with E-state index in [1.54, 1.807) is 18.4 Å². The number of rotatable bonds is 5. The summed E-state index contributed by atoms with van der Waals surface area (Å²) in [6, 6.07) is 3.92. The van der Waals surface area contributed by atoms with Gasteiger partial charge in [0.15, 0.2) is 11.6 Å². The van der Waals surface area contributed by atoms with Crippen molar-refractivity contribution < 1.29 is 4.79 Å². The zero-order chi connectivity index (χ0) is 18.5. The molecule has 4 heterocycles. The minimum absolute atomic E-state index is 0.00216. The van der Waals surface area contributed by atoms with Crippen LogP contribution in [0.2, 0.25) is 0 Å². The van der Waals surface area contributed by atoms with Gasteiger partial charge in [-0.05, 0) is 32.3 Å². The Morgan fingerprint density at radius 1 is 1.30 bits per heavy atom. The van der Waals surface area contributed by atoms with Crippen molar-refractivity contribution in [2.45, 2.75) is 38.1 Å². The predicted molar refractivity (Wildman–Crippen MR) is 106 cm³/mol. The summed E-state index contributed by atoms with van der Waals surface area (Å²) in [5.74, 6) is 2.71. The van der Waals surface area contributed by atoms with Gasteiger partial charge < -0.3 is 15.5 Å². The van der Waals surface area contributed by atoms with Crippen molar-refractivity contribution in [1.82, 2.24) is 25.5 Å². The number of aromatic amines is 1. The lowest BCUT2D eigenvalue weighted by molar-refractivity contribution is -0.123. The topological polar surface area (TPSA) is 98.8 Å². The van der Waals surface area contributed by atoms with Crippen LogP contribution in [0.5, 0.6) is 0 Å². The Morgan fingerprint density at radius 2 is 2.15 bits per heavy atom. The van der Waals surface area contributed by atoms with Crippen molar-refractivity contribution in [3.8, 4) is 0 Å². The summed E-state index contributed by atoms with van der Waals surface area (Å²) >= 11 is 1.66. The van der Waals surface area contributed by atoms with Crippen molar-refractivity contribution in [3.05, 3.63) is 22.7 Å². The Kier molecular flexibility index (Phi) is 3.78. The number of nitrogens with one attached hydrogen (secondary N) is 3. The number of aryl methyl sites for hydroxylation is 1. The number of carbonyl (C=O) groups excluding carboxylic acids is 1.